The lowest BCUT2D eigenvalue weighted by Gasteiger charge is -2.20. The van der Waals surface area contributed by atoms with Crippen LogP contribution >= 0.6 is 0 Å². The van der Waals surface area contributed by atoms with Crippen LogP contribution in [0.15, 0.2) is 12.1 Å². The normalized spacial score (nSPS) is 12.5. The molecule has 0 bridgehead atoms. The van der Waals surface area contributed by atoms with E-state index in [1.165, 1.54) is 5.56 Å². The van der Waals surface area contributed by atoms with Crippen LogP contribution in [0.25, 0.3) is 0 Å². The fourth-order valence-electron chi connectivity index (χ4n) is 2.92. The van der Waals surface area contributed by atoms with Crippen LogP contribution in [0.3, 0.4) is 0 Å². The summed E-state index contributed by atoms with van der Waals surface area (Å²) >= 11 is 0. The second-order valence-corrected chi connectivity index (χ2v) is 6.44. The monoisotopic (exact) mass is 290 g/mol. The van der Waals surface area contributed by atoms with Gasteiger partial charge in [-0.2, -0.15) is 0 Å². The third-order valence-corrected chi connectivity index (χ3v) is 4.16. The summed E-state index contributed by atoms with van der Waals surface area (Å²) in [5, 5.41) is 3.07. The van der Waals surface area contributed by atoms with Crippen molar-refractivity contribution >= 4 is 11.6 Å². The number of nitrogens with one attached hydrogen (secondary N) is 1. The van der Waals surface area contributed by atoms with E-state index in [1.54, 1.807) is 0 Å². The van der Waals surface area contributed by atoms with Gasteiger partial charge in [0.05, 0.1) is 0 Å². The van der Waals surface area contributed by atoms with Gasteiger partial charge in [0.1, 0.15) is 0 Å². The molecule has 0 saturated carbocycles. The Kier molecular flexibility index (Phi) is 6.90. The topological polar surface area (TPSA) is 55.1 Å². The van der Waals surface area contributed by atoms with Crippen LogP contribution in [0.4, 0.5) is 5.69 Å². The molecule has 0 saturated heterocycles. The van der Waals surface area contributed by atoms with Crippen molar-refractivity contribution in [1.29, 1.82) is 0 Å². The molecule has 1 aromatic rings. The fourth-order valence-corrected chi connectivity index (χ4v) is 2.92. The predicted molar refractivity (Wildman–Crippen MR) is 90.5 cm³/mol. The molecule has 3 heteroatoms. The van der Waals surface area contributed by atoms with E-state index in [-0.39, 0.29) is 5.91 Å². The van der Waals surface area contributed by atoms with Crippen molar-refractivity contribution in [2.45, 2.75) is 53.9 Å². The van der Waals surface area contributed by atoms with Crippen LogP contribution in [0.1, 0.15) is 49.8 Å². The molecule has 0 radical (unpaired) electrons. The third kappa shape index (κ3) is 5.50. The van der Waals surface area contributed by atoms with E-state index in [0.717, 1.165) is 29.7 Å². The van der Waals surface area contributed by atoms with E-state index in [2.05, 4.69) is 38.2 Å². The molecule has 0 aliphatic heterocycles. The van der Waals surface area contributed by atoms with Crippen LogP contribution in [0.2, 0.25) is 0 Å². The van der Waals surface area contributed by atoms with Crippen molar-refractivity contribution in [1.82, 2.24) is 0 Å². The number of rotatable bonds is 7. The van der Waals surface area contributed by atoms with Gasteiger partial charge in [0.15, 0.2) is 0 Å². The Bertz CT molecular complexity index is 457. The summed E-state index contributed by atoms with van der Waals surface area (Å²) in [5.74, 6) is 1.21. The van der Waals surface area contributed by atoms with Crippen molar-refractivity contribution in [2.75, 3.05) is 11.9 Å². The molecule has 1 amide bonds. The van der Waals surface area contributed by atoms with Gasteiger partial charge in [-0.1, -0.05) is 31.5 Å². The highest BCUT2D eigenvalue weighted by atomic mass is 16.1. The average molecular weight is 290 g/mol. The van der Waals surface area contributed by atoms with Crippen molar-refractivity contribution in [2.24, 2.45) is 17.6 Å². The highest BCUT2D eigenvalue weighted by Crippen LogP contribution is 2.24. The van der Waals surface area contributed by atoms with E-state index >= 15 is 0 Å². The zero-order valence-electron chi connectivity index (χ0n) is 14.1. The summed E-state index contributed by atoms with van der Waals surface area (Å²) in [4.78, 5) is 12.2. The molecule has 118 valence electrons. The molecule has 0 fully saturated rings. The van der Waals surface area contributed by atoms with Gasteiger partial charge in [-0.05, 0) is 63.1 Å². The van der Waals surface area contributed by atoms with E-state index in [0.29, 0.717) is 24.8 Å². The van der Waals surface area contributed by atoms with E-state index < -0.39 is 0 Å². The van der Waals surface area contributed by atoms with Crippen LogP contribution in [-0.2, 0) is 4.79 Å². The number of carbonyl (C=O) groups is 1. The number of nitrogens with two attached hydrogens (primary N) is 1. The fraction of sp³-hybridized carbons (Fsp3) is 0.611. The molecule has 0 aromatic heterocycles. The lowest BCUT2D eigenvalue weighted by atomic mass is 9.88. The summed E-state index contributed by atoms with van der Waals surface area (Å²) in [7, 11) is 0. The largest absolute Gasteiger partial charge is 0.330 e. The zero-order valence-corrected chi connectivity index (χ0v) is 14.1. The molecule has 0 heterocycles. The highest BCUT2D eigenvalue weighted by molar-refractivity contribution is 5.92. The summed E-state index contributed by atoms with van der Waals surface area (Å²) in [6, 6.07) is 4.21. The van der Waals surface area contributed by atoms with Gasteiger partial charge in [-0.15, -0.1) is 0 Å². The SMILES string of the molecule is Cc1cc(C)c(NC(=O)CCC(CCN)C(C)C)c(C)c1. The first-order valence-corrected chi connectivity index (χ1v) is 7.93. The number of benzene rings is 1. The van der Waals surface area contributed by atoms with Gasteiger partial charge in [-0.25, -0.2) is 0 Å². The molecular weight excluding hydrogens is 260 g/mol. The zero-order chi connectivity index (χ0) is 16.0. The second kappa shape index (κ2) is 8.18. The smallest absolute Gasteiger partial charge is 0.224 e. The minimum atomic E-state index is 0.104. The molecule has 3 nitrogen and oxygen atoms in total. The minimum absolute atomic E-state index is 0.104. The van der Waals surface area contributed by atoms with Crippen LogP contribution in [0, 0.1) is 32.6 Å². The lowest BCUT2D eigenvalue weighted by Crippen LogP contribution is -2.19. The van der Waals surface area contributed by atoms with E-state index in [9.17, 15) is 4.79 Å². The number of aryl methyl sites for hydroxylation is 3. The molecule has 3 N–H and O–H groups in total. The van der Waals surface area contributed by atoms with E-state index in [4.69, 9.17) is 5.73 Å². The number of carbonyl (C=O) groups excluding carboxylic acids is 1. The van der Waals surface area contributed by atoms with Crippen LogP contribution < -0.4 is 11.1 Å². The molecule has 0 spiro atoms. The Balaban J connectivity index is 2.62. The number of amides is 1. The van der Waals surface area contributed by atoms with Gasteiger partial charge >= 0.3 is 0 Å². The first-order valence-electron chi connectivity index (χ1n) is 7.93. The molecule has 1 atom stereocenters. The quantitative estimate of drug-likeness (QED) is 0.799. The Morgan fingerprint density at radius 2 is 1.71 bits per heavy atom. The molecule has 1 rings (SSSR count). The Labute approximate surface area is 129 Å². The summed E-state index contributed by atoms with van der Waals surface area (Å²) < 4.78 is 0. The van der Waals surface area contributed by atoms with Gasteiger partial charge in [0.2, 0.25) is 5.91 Å². The average Bonchev–Trinajstić information content (AvgIpc) is 2.38. The van der Waals surface area contributed by atoms with Crippen molar-refractivity contribution in [3.05, 3.63) is 28.8 Å². The predicted octanol–water partition coefficient (Wildman–Crippen LogP) is 3.95. The maximum atomic E-state index is 12.2. The maximum absolute atomic E-state index is 12.2. The van der Waals surface area contributed by atoms with Crippen LogP contribution in [0.5, 0.6) is 0 Å². The first kappa shape index (κ1) is 17.7. The maximum Gasteiger partial charge on any atom is 0.224 e. The van der Waals surface area contributed by atoms with Gasteiger partial charge < -0.3 is 11.1 Å². The third-order valence-electron chi connectivity index (χ3n) is 4.16. The summed E-state index contributed by atoms with van der Waals surface area (Å²) in [6.45, 7) is 11.3. The summed E-state index contributed by atoms with van der Waals surface area (Å²) in [6.07, 6.45) is 2.47. The summed E-state index contributed by atoms with van der Waals surface area (Å²) in [5.41, 5.74) is 10.1. The van der Waals surface area contributed by atoms with Crippen molar-refractivity contribution < 1.29 is 4.79 Å². The van der Waals surface area contributed by atoms with Crippen molar-refractivity contribution in [3.8, 4) is 0 Å². The molecule has 1 unspecified atom stereocenters. The molecule has 21 heavy (non-hydrogen) atoms. The number of hydrogen-bond acceptors (Lipinski definition) is 2. The molecule has 0 aliphatic carbocycles. The van der Waals surface area contributed by atoms with Gasteiger partial charge in [0.25, 0.3) is 0 Å². The van der Waals surface area contributed by atoms with Gasteiger partial charge in [0, 0.05) is 12.1 Å². The highest BCUT2D eigenvalue weighted by Gasteiger charge is 2.15. The minimum Gasteiger partial charge on any atom is -0.330 e. The lowest BCUT2D eigenvalue weighted by molar-refractivity contribution is -0.116. The van der Waals surface area contributed by atoms with Gasteiger partial charge in [-0.3, -0.25) is 4.79 Å². The molecule has 1 aromatic carbocycles. The number of hydrogen-bond donors (Lipinski definition) is 2. The molecular formula is C18H30N2O. The Hall–Kier alpha value is -1.35. The first-order chi connectivity index (χ1) is 9.85. The van der Waals surface area contributed by atoms with Crippen molar-refractivity contribution in [3.63, 3.8) is 0 Å². The number of anilines is 1. The van der Waals surface area contributed by atoms with E-state index in [1.807, 2.05) is 13.8 Å². The second-order valence-electron chi connectivity index (χ2n) is 6.44. The Morgan fingerprint density at radius 3 is 2.19 bits per heavy atom. The van der Waals surface area contributed by atoms with Crippen LogP contribution in [-0.4, -0.2) is 12.5 Å². The standard InChI is InChI=1S/C18H30N2O/c1-12(2)16(8-9-19)6-7-17(21)20-18-14(4)10-13(3)11-15(18)5/h10-12,16H,6-9,19H2,1-5H3,(H,20,21). The Morgan fingerprint density at radius 1 is 1.14 bits per heavy atom. The molecule has 0 aliphatic rings.